The van der Waals surface area contributed by atoms with Crippen molar-refractivity contribution < 1.29 is 14.7 Å². The fourth-order valence-corrected chi connectivity index (χ4v) is 3.24. The van der Waals surface area contributed by atoms with Gasteiger partial charge in [0.1, 0.15) is 11.9 Å². The summed E-state index contributed by atoms with van der Waals surface area (Å²) in [6.07, 6.45) is 0.149. The summed E-state index contributed by atoms with van der Waals surface area (Å²) < 4.78 is 2.68. The minimum Gasteiger partial charge on any atom is -0.480 e. The van der Waals surface area contributed by atoms with Gasteiger partial charge in [-0.2, -0.15) is 0 Å². The Hall–Kier alpha value is -2.22. The molecular weight excluding hydrogens is 376 g/mol. The minimum atomic E-state index is -1.02. The molecule has 24 heavy (non-hydrogen) atoms. The van der Waals surface area contributed by atoms with E-state index in [2.05, 4.69) is 26.1 Å². The van der Waals surface area contributed by atoms with Crippen LogP contribution in [-0.4, -0.2) is 42.7 Å². The molecule has 1 aromatic heterocycles. The molecule has 0 fully saturated rings. The average molecular weight is 393 g/mol. The fourth-order valence-electron chi connectivity index (χ4n) is 2.81. The Labute approximate surface area is 147 Å². The molecule has 7 nitrogen and oxygen atoms in total. The normalized spacial score (nSPS) is 16.8. The number of fused-ring (bicyclic) bond motifs is 1. The number of benzene rings is 1. The Bertz CT molecular complexity index is 818. The molecule has 0 radical (unpaired) electrons. The second kappa shape index (κ2) is 6.35. The third-order valence-electron chi connectivity index (χ3n) is 4.25. The van der Waals surface area contributed by atoms with Crippen LogP contribution < -0.4 is 0 Å². The van der Waals surface area contributed by atoms with Gasteiger partial charge in [-0.3, -0.25) is 4.79 Å². The van der Waals surface area contributed by atoms with Gasteiger partial charge in [-0.05, 0) is 31.0 Å². The van der Waals surface area contributed by atoms with E-state index in [-0.39, 0.29) is 25.4 Å². The Morgan fingerprint density at radius 2 is 2.08 bits per heavy atom. The van der Waals surface area contributed by atoms with Crippen LogP contribution >= 0.6 is 15.9 Å². The molecule has 0 spiro atoms. The van der Waals surface area contributed by atoms with Crippen molar-refractivity contribution >= 4 is 27.8 Å². The number of amides is 1. The van der Waals surface area contributed by atoms with Crippen molar-refractivity contribution in [1.29, 1.82) is 0 Å². The Morgan fingerprint density at radius 3 is 2.75 bits per heavy atom. The number of aliphatic carboxylic acids is 1. The number of carbonyl (C=O) groups is 2. The molecule has 3 rings (SSSR count). The van der Waals surface area contributed by atoms with E-state index in [4.69, 9.17) is 0 Å². The summed E-state index contributed by atoms with van der Waals surface area (Å²) in [5.41, 5.74) is 1.92. The first-order valence-electron chi connectivity index (χ1n) is 7.53. The molecule has 2 heterocycles. The lowest BCUT2D eigenvalue weighted by atomic mass is 10.1. The third-order valence-corrected chi connectivity index (χ3v) is 5.11. The van der Waals surface area contributed by atoms with Crippen LogP contribution in [-0.2, 0) is 29.1 Å². The molecule has 1 aliphatic rings. The molecule has 8 heteroatoms. The number of halogens is 1. The zero-order valence-corrected chi connectivity index (χ0v) is 14.9. The molecule has 1 aromatic carbocycles. The minimum absolute atomic E-state index is 0.149. The van der Waals surface area contributed by atoms with Crippen LogP contribution in [0.3, 0.4) is 0 Å². The van der Waals surface area contributed by atoms with Gasteiger partial charge in [0.15, 0.2) is 5.82 Å². The quantitative estimate of drug-likeness (QED) is 0.858. The Morgan fingerprint density at radius 1 is 1.33 bits per heavy atom. The van der Waals surface area contributed by atoms with E-state index in [1.165, 1.54) is 4.90 Å². The lowest BCUT2D eigenvalue weighted by Crippen LogP contribution is -2.51. The molecule has 1 unspecified atom stereocenters. The number of hydrogen-bond donors (Lipinski definition) is 1. The first kappa shape index (κ1) is 16.6. The van der Waals surface area contributed by atoms with Crippen LogP contribution in [0, 0.1) is 13.8 Å². The molecule has 0 saturated heterocycles. The van der Waals surface area contributed by atoms with Crippen molar-refractivity contribution in [3.8, 4) is 0 Å². The summed E-state index contributed by atoms with van der Waals surface area (Å²) >= 11 is 3.45. The van der Waals surface area contributed by atoms with Crippen LogP contribution in [0.1, 0.15) is 22.8 Å². The highest BCUT2D eigenvalue weighted by molar-refractivity contribution is 9.10. The van der Waals surface area contributed by atoms with Crippen LogP contribution in [0.25, 0.3) is 0 Å². The number of aromatic nitrogens is 3. The smallest absolute Gasteiger partial charge is 0.328 e. The molecule has 1 aliphatic heterocycles. The summed E-state index contributed by atoms with van der Waals surface area (Å²) in [5, 5.41) is 17.5. The molecule has 1 amide bonds. The van der Waals surface area contributed by atoms with Gasteiger partial charge in [-0.15, -0.1) is 10.2 Å². The Balaban J connectivity index is 1.84. The average Bonchev–Trinajstić information content (AvgIpc) is 2.90. The second-order valence-corrected chi connectivity index (χ2v) is 6.76. The fraction of sp³-hybridized carbons (Fsp3) is 0.375. The summed E-state index contributed by atoms with van der Waals surface area (Å²) in [5.74, 6) is 0.0199. The van der Waals surface area contributed by atoms with E-state index < -0.39 is 12.0 Å². The third kappa shape index (κ3) is 3.06. The van der Waals surface area contributed by atoms with Crippen molar-refractivity contribution in [2.75, 3.05) is 0 Å². The van der Waals surface area contributed by atoms with Gasteiger partial charge in [0, 0.05) is 4.47 Å². The van der Waals surface area contributed by atoms with Gasteiger partial charge in [-0.25, -0.2) is 4.79 Å². The summed E-state index contributed by atoms with van der Waals surface area (Å²) in [7, 11) is 0. The molecule has 0 aliphatic carbocycles. The van der Waals surface area contributed by atoms with Crippen molar-refractivity contribution in [2.24, 2.45) is 0 Å². The first-order chi connectivity index (χ1) is 11.4. The summed E-state index contributed by atoms with van der Waals surface area (Å²) in [6.45, 7) is 4.07. The molecule has 0 saturated carbocycles. The number of carboxylic acid groups (broad SMARTS) is 1. The van der Waals surface area contributed by atoms with Crippen molar-refractivity contribution in [1.82, 2.24) is 19.7 Å². The van der Waals surface area contributed by atoms with Gasteiger partial charge < -0.3 is 14.6 Å². The molecule has 1 atom stereocenters. The van der Waals surface area contributed by atoms with Gasteiger partial charge >= 0.3 is 5.97 Å². The number of rotatable bonds is 3. The molecule has 1 N–H and O–H groups in total. The topological polar surface area (TPSA) is 88.3 Å². The predicted octanol–water partition coefficient (Wildman–Crippen LogP) is 1.70. The van der Waals surface area contributed by atoms with Crippen molar-refractivity contribution in [3.63, 3.8) is 0 Å². The van der Waals surface area contributed by atoms with Crippen molar-refractivity contribution in [2.45, 2.75) is 39.4 Å². The maximum atomic E-state index is 12.7. The molecule has 2 aromatic rings. The van der Waals surface area contributed by atoms with Gasteiger partial charge in [0.05, 0.1) is 19.5 Å². The Kier molecular flexibility index (Phi) is 4.40. The van der Waals surface area contributed by atoms with E-state index in [1.54, 1.807) is 11.5 Å². The lowest BCUT2D eigenvalue weighted by Gasteiger charge is -2.33. The highest BCUT2D eigenvalue weighted by Gasteiger charge is 2.36. The van der Waals surface area contributed by atoms with Gasteiger partial charge in [0.2, 0.25) is 5.91 Å². The van der Waals surface area contributed by atoms with Crippen LogP contribution in [0.5, 0.6) is 0 Å². The zero-order valence-electron chi connectivity index (χ0n) is 13.4. The van der Waals surface area contributed by atoms with E-state index in [0.717, 1.165) is 15.6 Å². The highest BCUT2D eigenvalue weighted by atomic mass is 79.9. The number of carbonyl (C=O) groups excluding carboxylic acids is 1. The maximum absolute atomic E-state index is 12.7. The van der Waals surface area contributed by atoms with E-state index in [0.29, 0.717) is 11.6 Å². The zero-order chi connectivity index (χ0) is 17.4. The summed E-state index contributed by atoms with van der Waals surface area (Å²) in [6, 6.07) is 4.79. The van der Waals surface area contributed by atoms with Crippen LogP contribution in [0.2, 0.25) is 0 Å². The van der Waals surface area contributed by atoms with Crippen molar-refractivity contribution in [3.05, 3.63) is 45.4 Å². The van der Waals surface area contributed by atoms with E-state index in [9.17, 15) is 14.7 Å². The standard InChI is InChI=1S/C16H17BrN4O3/c1-9-3-4-11(5-12(9)17)6-15(22)21-8-14-19-18-10(2)20(14)7-13(21)16(23)24/h3-5,13H,6-8H2,1-2H3,(H,23,24). The summed E-state index contributed by atoms with van der Waals surface area (Å²) in [4.78, 5) is 25.7. The first-order valence-corrected chi connectivity index (χ1v) is 8.32. The number of carboxylic acids is 1. The molecule has 126 valence electrons. The lowest BCUT2D eigenvalue weighted by molar-refractivity contribution is -0.152. The van der Waals surface area contributed by atoms with Gasteiger partial charge in [0.25, 0.3) is 0 Å². The molecular formula is C16H17BrN4O3. The van der Waals surface area contributed by atoms with E-state index in [1.807, 2.05) is 25.1 Å². The van der Waals surface area contributed by atoms with Crippen LogP contribution in [0.15, 0.2) is 22.7 Å². The van der Waals surface area contributed by atoms with E-state index >= 15 is 0 Å². The molecule has 0 bridgehead atoms. The number of aryl methyl sites for hydroxylation is 2. The van der Waals surface area contributed by atoms with Gasteiger partial charge in [-0.1, -0.05) is 28.1 Å². The number of hydrogen-bond acceptors (Lipinski definition) is 4. The number of nitrogens with zero attached hydrogens (tertiary/aromatic N) is 4. The SMILES string of the molecule is Cc1ccc(CC(=O)N2Cc3nnc(C)n3CC2C(=O)O)cc1Br. The maximum Gasteiger partial charge on any atom is 0.328 e. The monoisotopic (exact) mass is 392 g/mol. The van der Waals surface area contributed by atoms with Crippen LogP contribution in [0.4, 0.5) is 0 Å². The highest BCUT2D eigenvalue weighted by Crippen LogP contribution is 2.21. The second-order valence-electron chi connectivity index (χ2n) is 5.91. The largest absolute Gasteiger partial charge is 0.480 e. The predicted molar refractivity (Wildman–Crippen MR) is 89.3 cm³/mol.